The summed E-state index contributed by atoms with van der Waals surface area (Å²) in [6, 6.07) is 30.1. The van der Waals surface area contributed by atoms with Gasteiger partial charge in [-0.05, 0) is 74.6 Å². The van der Waals surface area contributed by atoms with E-state index in [9.17, 15) is 18.0 Å². The highest BCUT2D eigenvalue weighted by Crippen LogP contribution is 2.29. The second kappa shape index (κ2) is 15.0. The molecule has 2 amide bonds. The number of amides is 2. The summed E-state index contributed by atoms with van der Waals surface area (Å²) in [5.74, 6) is -0.757. The van der Waals surface area contributed by atoms with Gasteiger partial charge >= 0.3 is 0 Å². The van der Waals surface area contributed by atoms with Crippen molar-refractivity contribution in [3.05, 3.63) is 131 Å². The van der Waals surface area contributed by atoms with E-state index in [-0.39, 0.29) is 29.8 Å². The van der Waals surface area contributed by atoms with E-state index >= 15 is 0 Å². The number of anilines is 1. The summed E-state index contributed by atoms with van der Waals surface area (Å²) < 4.78 is 29.7. The van der Waals surface area contributed by atoms with Crippen molar-refractivity contribution in [2.45, 2.75) is 71.0 Å². The van der Waals surface area contributed by atoms with Crippen molar-refractivity contribution in [2.24, 2.45) is 0 Å². The predicted octanol–water partition coefficient (Wildman–Crippen LogP) is 6.36. The Balaban J connectivity index is 1.82. The second-order valence-electron chi connectivity index (χ2n) is 11.6. The van der Waals surface area contributed by atoms with Crippen molar-refractivity contribution in [1.82, 2.24) is 10.2 Å². The van der Waals surface area contributed by atoms with E-state index < -0.39 is 28.5 Å². The molecule has 0 fully saturated rings. The third-order valence-corrected chi connectivity index (χ3v) is 9.97. The number of hydrogen-bond donors (Lipinski definition) is 1. The molecule has 1 N–H and O–H groups in total. The molecular formula is C37H43N3O4S. The fourth-order valence-corrected chi connectivity index (χ4v) is 6.60. The van der Waals surface area contributed by atoms with Gasteiger partial charge in [0.1, 0.15) is 12.6 Å². The number of carbonyl (C=O) groups is 2. The zero-order valence-electron chi connectivity index (χ0n) is 26.7. The molecule has 0 aliphatic carbocycles. The molecule has 2 atom stereocenters. The van der Waals surface area contributed by atoms with Gasteiger partial charge in [0.2, 0.25) is 11.8 Å². The lowest BCUT2D eigenvalue weighted by Crippen LogP contribution is -2.54. The topological polar surface area (TPSA) is 86.8 Å². The molecule has 0 aliphatic rings. The molecule has 0 saturated carbocycles. The van der Waals surface area contributed by atoms with Crippen LogP contribution in [0.3, 0.4) is 0 Å². The van der Waals surface area contributed by atoms with Gasteiger partial charge in [0.15, 0.2) is 0 Å². The van der Waals surface area contributed by atoms with Crippen molar-refractivity contribution in [3.63, 3.8) is 0 Å². The molecule has 0 spiro atoms. The molecule has 0 aromatic heterocycles. The molecule has 4 aromatic rings. The summed E-state index contributed by atoms with van der Waals surface area (Å²) in [5.41, 5.74) is 4.73. The Morgan fingerprint density at radius 2 is 1.38 bits per heavy atom. The molecule has 45 heavy (non-hydrogen) atoms. The van der Waals surface area contributed by atoms with Crippen LogP contribution in [0.1, 0.15) is 48.1 Å². The van der Waals surface area contributed by atoms with Gasteiger partial charge < -0.3 is 10.2 Å². The first-order chi connectivity index (χ1) is 21.5. The highest BCUT2D eigenvalue weighted by atomic mass is 32.2. The van der Waals surface area contributed by atoms with Gasteiger partial charge in [-0.15, -0.1) is 0 Å². The van der Waals surface area contributed by atoms with E-state index in [1.165, 1.54) is 9.21 Å². The van der Waals surface area contributed by atoms with E-state index in [1.54, 1.807) is 36.4 Å². The molecule has 0 radical (unpaired) electrons. The standard InChI is InChI=1S/C37H43N3O4S/c1-6-29(4)38-37(42)35(24-31-15-9-7-10-16-31)39(25-32-17-11-8-12-18-32)36(41)26-40(34-19-13-14-28(3)30(34)5)45(43,44)33-22-20-27(2)21-23-33/h7-23,29,35H,6,24-26H2,1-5H3,(H,38,42). The number of aryl methyl sites for hydroxylation is 2. The monoisotopic (exact) mass is 625 g/mol. The first kappa shape index (κ1) is 33.5. The van der Waals surface area contributed by atoms with Gasteiger partial charge in [-0.25, -0.2) is 8.42 Å². The van der Waals surface area contributed by atoms with Crippen molar-refractivity contribution in [2.75, 3.05) is 10.8 Å². The maximum Gasteiger partial charge on any atom is 0.264 e. The Labute approximate surface area is 268 Å². The number of sulfonamides is 1. The molecule has 4 rings (SSSR count). The van der Waals surface area contributed by atoms with E-state index in [0.29, 0.717) is 5.69 Å². The number of nitrogens with one attached hydrogen (secondary N) is 1. The highest BCUT2D eigenvalue weighted by molar-refractivity contribution is 7.92. The Bertz CT molecular complexity index is 1690. The zero-order valence-corrected chi connectivity index (χ0v) is 27.6. The van der Waals surface area contributed by atoms with Crippen LogP contribution in [0.25, 0.3) is 0 Å². The van der Waals surface area contributed by atoms with Crippen LogP contribution in [0, 0.1) is 20.8 Å². The van der Waals surface area contributed by atoms with E-state index in [2.05, 4.69) is 5.32 Å². The largest absolute Gasteiger partial charge is 0.352 e. The minimum Gasteiger partial charge on any atom is -0.352 e. The SMILES string of the molecule is CCC(C)NC(=O)C(Cc1ccccc1)N(Cc1ccccc1)C(=O)CN(c1cccc(C)c1C)S(=O)(=O)c1ccc(C)cc1. The quantitative estimate of drug-likeness (QED) is 0.187. The van der Waals surface area contributed by atoms with Crippen LogP contribution >= 0.6 is 0 Å². The molecular weight excluding hydrogens is 582 g/mol. The third kappa shape index (κ3) is 8.39. The van der Waals surface area contributed by atoms with Crippen LogP contribution in [0.5, 0.6) is 0 Å². The van der Waals surface area contributed by atoms with Gasteiger partial charge in [-0.2, -0.15) is 0 Å². The number of rotatable bonds is 13. The molecule has 236 valence electrons. The van der Waals surface area contributed by atoms with Crippen LogP contribution in [-0.4, -0.2) is 43.8 Å². The third-order valence-electron chi connectivity index (χ3n) is 8.20. The van der Waals surface area contributed by atoms with Crippen LogP contribution in [-0.2, 0) is 32.6 Å². The number of carbonyl (C=O) groups excluding carboxylic acids is 2. The van der Waals surface area contributed by atoms with Crippen molar-refractivity contribution in [1.29, 1.82) is 0 Å². The smallest absolute Gasteiger partial charge is 0.264 e. The molecule has 0 heterocycles. The zero-order chi connectivity index (χ0) is 32.6. The normalized spacial score (nSPS) is 12.6. The predicted molar refractivity (Wildman–Crippen MR) is 180 cm³/mol. The fourth-order valence-electron chi connectivity index (χ4n) is 5.13. The minimum absolute atomic E-state index is 0.0896. The Hall–Kier alpha value is -4.43. The molecule has 0 aliphatic heterocycles. The highest BCUT2D eigenvalue weighted by Gasteiger charge is 2.35. The minimum atomic E-state index is -4.15. The van der Waals surface area contributed by atoms with E-state index in [4.69, 9.17) is 0 Å². The lowest BCUT2D eigenvalue weighted by Gasteiger charge is -2.34. The summed E-state index contributed by atoms with van der Waals surface area (Å²) in [6.45, 7) is 9.23. The summed E-state index contributed by atoms with van der Waals surface area (Å²) in [5, 5.41) is 3.07. The Kier molecular flexibility index (Phi) is 11.2. The second-order valence-corrected chi connectivity index (χ2v) is 13.4. The Morgan fingerprint density at radius 1 is 0.778 bits per heavy atom. The molecule has 2 unspecified atom stereocenters. The van der Waals surface area contributed by atoms with Gasteiger partial charge in [0, 0.05) is 19.0 Å². The first-order valence-electron chi connectivity index (χ1n) is 15.3. The van der Waals surface area contributed by atoms with Gasteiger partial charge in [-0.3, -0.25) is 13.9 Å². The van der Waals surface area contributed by atoms with Crippen LogP contribution in [0.4, 0.5) is 5.69 Å². The maximum absolute atomic E-state index is 14.6. The van der Waals surface area contributed by atoms with E-state index in [0.717, 1.165) is 34.2 Å². The molecule has 0 bridgehead atoms. The molecule has 0 saturated heterocycles. The van der Waals surface area contributed by atoms with Crippen LogP contribution < -0.4 is 9.62 Å². The van der Waals surface area contributed by atoms with Crippen LogP contribution in [0.2, 0.25) is 0 Å². The van der Waals surface area contributed by atoms with Crippen molar-refractivity contribution in [3.8, 4) is 0 Å². The number of nitrogens with zero attached hydrogens (tertiary/aromatic N) is 2. The lowest BCUT2D eigenvalue weighted by atomic mass is 10.0. The van der Waals surface area contributed by atoms with E-state index in [1.807, 2.05) is 101 Å². The van der Waals surface area contributed by atoms with Gasteiger partial charge in [0.05, 0.1) is 10.6 Å². The molecule has 4 aromatic carbocycles. The first-order valence-corrected chi connectivity index (χ1v) is 16.8. The summed E-state index contributed by atoms with van der Waals surface area (Å²) in [6.07, 6.45) is 1.00. The van der Waals surface area contributed by atoms with Crippen molar-refractivity contribution >= 4 is 27.5 Å². The summed E-state index contributed by atoms with van der Waals surface area (Å²) in [4.78, 5) is 30.1. The average Bonchev–Trinajstić information content (AvgIpc) is 3.04. The number of hydrogen-bond acceptors (Lipinski definition) is 4. The van der Waals surface area contributed by atoms with Crippen molar-refractivity contribution < 1.29 is 18.0 Å². The lowest BCUT2D eigenvalue weighted by molar-refractivity contribution is -0.140. The maximum atomic E-state index is 14.6. The average molecular weight is 626 g/mol. The van der Waals surface area contributed by atoms with Crippen LogP contribution in [0.15, 0.2) is 108 Å². The van der Waals surface area contributed by atoms with Gasteiger partial charge in [-0.1, -0.05) is 97.4 Å². The Morgan fingerprint density at radius 3 is 1.98 bits per heavy atom. The van der Waals surface area contributed by atoms with Gasteiger partial charge in [0.25, 0.3) is 10.0 Å². The summed E-state index contributed by atoms with van der Waals surface area (Å²) in [7, 11) is -4.15. The fraction of sp³-hybridized carbons (Fsp3) is 0.297. The summed E-state index contributed by atoms with van der Waals surface area (Å²) >= 11 is 0. The molecule has 7 nitrogen and oxygen atoms in total. The number of benzene rings is 4. The molecule has 8 heteroatoms.